The molecule has 2 fully saturated rings. The summed E-state index contributed by atoms with van der Waals surface area (Å²) in [5.74, 6) is -0.380. The number of fused-ring (bicyclic) bond motifs is 1. The monoisotopic (exact) mass is 371 g/mol. The fourth-order valence-corrected chi connectivity index (χ4v) is 4.27. The fraction of sp³-hybridized carbons (Fsp3) is 0.500. The van der Waals surface area contributed by atoms with Gasteiger partial charge in [-0.3, -0.25) is 4.90 Å². The number of nitrogens with zero attached hydrogens (tertiary/aromatic N) is 3. The molecule has 1 aromatic carbocycles. The normalized spacial score (nSPS) is 25.0. The maximum Gasteiger partial charge on any atom is 0.336 e. The third-order valence-electron chi connectivity index (χ3n) is 5.77. The number of rotatable bonds is 3. The Labute approximate surface area is 157 Å². The average Bonchev–Trinajstić information content (AvgIpc) is 2.67. The Morgan fingerprint density at radius 3 is 2.52 bits per heavy atom. The van der Waals surface area contributed by atoms with Crippen LogP contribution in [0.1, 0.15) is 29.6 Å². The second kappa shape index (κ2) is 7.42. The van der Waals surface area contributed by atoms with Crippen molar-refractivity contribution in [2.75, 3.05) is 31.1 Å². The molecule has 3 N–H and O–H groups in total. The summed E-state index contributed by atoms with van der Waals surface area (Å²) in [5, 5.41) is 30.6. The van der Waals surface area contributed by atoms with Crippen LogP contribution in [0.5, 0.6) is 0 Å². The molecule has 0 bridgehead atoms. The molecule has 2 aliphatic rings. The van der Waals surface area contributed by atoms with E-state index in [0.717, 1.165) is 32.4 Å². The van der Waals surface area contributed by atoms with Crippen molar-refractivity contribution in [3.8, 4) is 0 Å². The molecule has 1 aromatic heterocycles. The van der Waals surface area contributed by atoms with Gasteiger partial charge in [0.15, 0.2) is 0 Å². The Morgan fingerprint density at radius 2 is 1.81 bits per heavy atom. The van der Waals surface area contributed by atoms with Gasteiger partial charge in [-0.25, -0.2) is 9.78 Å². The summed E-state index contributed by atoms with van der Waals surface area (Å²) >= 11 is 0. The van der Waals surface area contributed by atoms with E-state index in [-0.39, 0.29) is 17.7 Å². The number of carbonyl (C=O) groups is 1. The van der Waals surface area contributed by atoms with Crippen LogP contribution in [0.3, 0.4) is 0 Å². The highest BCUT2D eigenvalue weighted by Gasteiger charge is 2.34. The van der Waals surface area contributed by atoms with E-state index in [2.05, 4.69) is 9.88 Å². The zero-order valence-electron chi connectivity index (χ0n) is 15.2. The molecule has 144 valence electrons. The number of pyridine rings is 1. The lowest BCUT2D eigenvalue weighted by molar-refractivity contribution is -0.000216. The third kappa shape index (κ3) is 3.63. The van der Waals surface area contributed by atoms with Crippen LogP contribution < -0.4 is 4.90 Å². The lowest BCUT2D eigenvalue weighted by Crippen LogP contribution is -2.56. The van der Waals surface area contributed by atoms with Crippen LogP contribution in [-0.2, 0) is 0 Å². The second-order valence-electron chi connectivity index (χ2n) is 7.49. The molecule has 2 aromatic rings. The molecule has 2 atom stereocenters. The molecule has 7 heteroatoms. The van der Waals surface area contributed by atoms with E-state index < -0.39 is 12.1 Å². The van der Waals surface area contributed by atoms with E-state index in [4.69, 9.17) is 0 Å². The van der Waals surface area contributed by atoms with E-state index in [1.807, 2.05) is 17.0 Å². The number of carboxylic acid groups (broad SMARTS) is 1. The molecular weight excluding hydrogens is 346 g/mol. The van der Waals surface area contributed by atoms with Crippen LogP contribution in [0.15, 0.2) is 30.3 Å². The summed E-state index contributed by atoms with van der Waals surface area (Å²) in [6.45, 7) is 2.75. The molecule has 0 amide bonds. The SMILES string of the molecule is O=C(O)c1cc(N2CC[C@@H](N3CCC(O)CC3)[C@H](O)C2)nc2ccccc12. The minimum absolute atomic E-state index is 0.0770. The highest BCUT2D eigenvalue weighted by molar-refractivity contribution is 6.03. The van der Waals surface area contributed by atoms with Gasteiger partial charge in [0.1, 0.15) is 5.82 Å². The minimum Gasteiger partial charge on any atom is -0.478 e. The van der Waals surface area contributed by atoms with Crippen molar-refractivity contribution in [2.24, 2.45) is 0 Å². The Bertz CT molecular complexity index is 835. The van der Waals surface area contributed by atoms with Gasteiger partial charge >= 0.3 is 5.97 Å². The van der Waals surface area contributed by atoms with Crippen molar-refractivity contribution in [1.82, 2.24) is 9.88 Å². The molecule has 2 aliphatic heterocycles. The van der Waals surface area contributed by atoms with Gasteiger partial charge in [-0.05, 0) is 31.4 Å². The van der Waals surface area contributed by atoms with Crippen LogP contribution in [0.25, 0.3) is 10.9 Å². The number of likely N-dealkylation sites (tertiary alicyclic amines) is 1. The number of benzene rings is 1. The van der Waals surface area contributed by atoms with Gasteiger partial charge in [0.2, 0.25) is 0 Å². The second-order valence-corrected chi connectivity index (χ2v) is 7.49. The van der Waals surface area contributed by atoms with E-state index in [1.165, 1.54) is 0 Å². The highest BCUT2D eigenvalue weighted by atomic mass is 16.4. The number of piperidine rings is 2. The van der Waals surface area contributed by atoms with Crippen LogP contribution in [0.2, 0.25) is 0 Å². The fourth-order valence-electron chi connectivity index (χ4n) is 4.27. The molecule has 2 saturated heterocycles. The zero-order valence-corrected chi connectivity index (χ0v) is 15.2. The summed E-state index contributed by atoms with van der Waals surface area (Å²) in [6, 6.07) is 8.91. The van der Waals surface area contributed by atoms with Crippen molar-refractivity contribution in [1.29, 1.82) is 0 Å². The number of hydrogen-bond acceptors (Lipinski definition) is 6. The van der Waals surface area contributed by atoms with Crippen molar-refractivity contribution < 1.29 is 20.1 Å². The number of aromatic nitrogens is 1. The zero-order chi connectivity index (χ0) is 19.0. The number of hydrogen-bond donors (Lipinski definition) is 3. The largest absolute Gasteiger partial charge is 0.478 e. The topological polar surface area (TPSA) is 97.1 Å². The molecule has 3 heterocycles. The van der Waals surface area contributed by atoms with E-state index >= 15 is 0 Å². The molecule has 0 radical (unpaired) electrons. The Morgan fingerprint density at radius 1 is 1.07 bits per heavy atom. The summed E-state index contributed by atoms with van der Waals surface area (Å²) in [7, 11) is 0. The van der Waals surface area contributed by atoms with Gasteiger partial charge < -0.3 is 20.2 Å². The molecule has 27 heavy (non-hydrogen) atoms. The van der Waals surface area contributed by atoms with E-state index in [9.17, 15) is 20.1 Å². The third-order valence-corrected chi connectivity index (χ3v) is 5.77. The van der Waals surface area contributed by atoms with E-state index in [0.29, 0.717) is 29.8 Å². The minimum atomic E-state index is -0.975. The van der Waals surface area contributed by atoms with E-state index in [1.54, 1.807) is 18.2 Å². The molecule has 4 rings (SSSR count). The van der Waals surface area contributed by atoms with Gasteiger partial charge in [0.25, 0.3) is 0 Å². The number of para-hydroxylation sites is 1. The molecule has 0 unspecified atom stereocenters. The number of aliphatic hydroxyl groups is 2. The maximum atomic E-state index is 11.7. The van der Waals surface area contributed by atoms with Crippen LogP contribution in [0.4, 0.5) is 5.82 Å². The van der Waals surface area contributed by atoms with Crippen molar-refractivity contribution in [3.63, 3.8) is 0 Å². The van der Waals surface area contributed by atoms with Crippen molar-refractivity contribution >= 4 is 22.7 Å². The Hall–Kier alpha value is -2.22. The molecule has 7 nitrogen and oxygen atoms in total. The first kappa shape index (κ1) is 18.2. The predicted octanol–water partition coefficient (Wildman–Crippen LogP) is 1.33. The standard InChI is InChI=1S/C20H25N3O4/c24-13-5-8-22(9-6-13)17-7-10-23(12-18(17)25)19-11-15(20(26)27)14-3-1-2-4-16(14)21-19/h1-4,11,13,17-18,24-25H,5-10,12H2,(H,26,27)/t17-,18-/m1/s1. The number of aliphatic hydroxyl groups excluding tert-OH is 2. The summed E-state index contributed by atoms with van der Waals surface area (Å²) in [5.41, 5.74) is 0.881. The molecule has 0 saturated carbocycles. The number of carboxylic acids is 1. The highest BCUT2D eigenvalue weighted by Crippen LogP contribution is 2.27. The smallest absolute Gasteiger partial charge is 0.336 e. The Kier molecular flexibility index (Phi) is 4.99. The van der Waals surface area contributed by atoms with Gasteiger partial charge in [-0.15, -0.1) is 0 Å². The maximum absolute atomic E-state index is 11.7. The molecular formula is C20H25N3O4. The van der Waals surface area contributed by atoms with Gasteiger partial charge in [-0.1, -0.05) is 18.2 Å². The number of anilines is 1. The number of aromatic carboxylic acids is 1. The van der Waals surface area contributed by atoms with Crippen LogP contribution >= 0.6 is 0 Å². The first-order valence-corrected chi connectivity index (χ1v) is 9.51. The van der Waals surface area contributed by atoms with Crippen molar-refractivity contribution in [2.45, 2.75) is 37.5 Å². The first-order chi connectivity index (χ1) is 13.0. The summed E-state index contributed by atoms with van der Waals surface area (Å²) in [4.78, 5) is 20.5. The van der Waals surface area contributed by atoms with Crippen LogP contribution in [-0.4, -0.2) is 75.6 Å². The Balaban J connectivity index is 1.54. The summed E-state index contributed by atoms with van der Waals surface area (Å²) in [6.07, 6.45) is 1.53. The lowest BCUT2D eigenvalue weighted by atomic mass is 9.96. The first-order valence-electron chi connectivity index (χ1n) is 9.51. The predicted molar refractivity (Wildman–Crippen MR) is 102 cm³/mol. The average molecular weight is 371 g/mol. The van der Waals surface area contributed by atoms with Crippen molar-refractivity contribution in [3.05, 3.63) is 35.9 Å². The molecule has 0 aliphatic carbocycles. The molecule has 0 spiro atoms. The number of β-amino-alcohol motifs (C(OH)–C–C–N with tert-alkyl or cyclic N) is 1. The van der Waals surface area contributed by atoms with Gasteiger partial charge in [0.05, 0.1) is 23.3 Å². The lowest BCUT2D eigenvalue weighted by Gasteiger charge is -2.44. The van der Waals surface area contributed by atoms with Gasteiger partial charge in [-0.2, -0.15) is 0 Å². The van der Waals surface area contributed by atoms with Gasteiger partial charge in [0, 0.05) is 37.6 Å². The summed E-state index contributed by atoms with van der Waals surface area (Å²) < 4.78 is 0. The van der Waals surface area contributed by atoms with Crippen LogP contribution in [0, 0.1) is 0 Å². The quantitative estimate of drug-likeness (QED) is 0.749.